The van der Waals surface area contributed by atoms with Gasteiger partial charge >= 0.3 is 5.69 Å². The van der Waals surface area contributed by atoms with E-state index in [1.165, 1.54) is 31.0 Å². The van der Waals surface area contributed by atoms with Gasteiger partial charge < -0.3 is 15.3 Å². The van der Waals surface area contributed by atoms with Gasteiger partial charge in [0.1, 0.15) is 0 Å². The van der Waals surface area contributed by atoms with Crippen molar-refractivity contribution in [2.45, 2.75) is 19.3 Å². The highest BCUT2D eigenvalue weighted by molar-refractivity contribution is 5.98. The summed E-state index contributed by atoms with van der Waals surface area (Å²) in [5.74, 6) is -1.07. The number of hydrogen-bond donors (Lipinski definition) is 2. The Morgan fingerprint density at radius 3 is 2.76 bits per heavy atom. The molecule has 1 aromatic rings. The van der Waals surface area contributed by atoms with Crippen LogP contribution in [0.1, 0.15) is 29.6 Å². The van der Waals surface area contributed by atoms with Crippen LogP contribution in [0.15, 0.2) is 18.2 Å². The van der Waals surface area contributed by atoms with E-state index in [1.54, 1.807) is 0 Å². The second-order valence-corrected chi connectivity index (χ2v) is 5.09. The molecule has 1 heterocycles. The van der Waals surface area contributed by atoms with E-state index >= 15 is 0 Å². The van der Waals surface area contributed by atoms with Crippen LogP contribution in [0.5, 0.6) is 5.75 Å². The van der Waals surface area contributed by atoms with Gasteiger partial charge in [-0.1, -0.05) is 6.07 Å². The van der Waals surface area contributed by atoms with Crippen LogP contribution in [0.3, 0.4) is 0 Å². The Bertz CT molecular complexity index is 527. The molecule has 1 amide bonds. The standard InChI is InChI=1S/C14H19N3O4/c18-13-11(5-3-6-12(13)17(20)21)14(19)15-7-4-10-16-8-1-2-9-16/h3,5-6,18H,1-2,4,7-10H2,(H,15,19). The molecule has 2 N–H and O–H groups in total. The van der Waals surface area contributed by atoms with Crippen molar-refractivity contribution in [2.24, 2.45) is 0 Å². The van der Waals surface area contributed by atoms with Crippen molar-refractivity contribution in [1.82, 2.24) is 10.2 Å². The lowest BCUT2D eigenvalue weighted by Crippen LogP contribution is -2.28. The van der Waals surface area contributed by atoms with E-state index in [1.807, 2.05) is 0 Å². The van der Waals surface area contributed by atoms with E-state index in [0.717, 1.165) is 26.1 Å². The van der Waals surface area contributed by atoms with Crippen molar-refractivity contribution >= 4 is 11.6 Å². The van der Waals surface area contributed by atoms with Gasteiger partial charge in [0.05, 0.1) is 10.5 Å². The fourth-order valence-electron chi connectivity index (χ4n) is 2.47. The van der Waals surface area contributed by atoms with Crippen molar-refractivity contribution in [2.75, 3.05) is 26.2 Å². The molecule has 0 atom stereocenters. The van der Waals surface area contributed by atoms with Gasteiger partial charge in [-0.15, -0.1) is 0 Å². The SMILES string of the molecule is O=C(NCCCN1CCCC1)c1cccc([N+](=O)[O-])c1O. The number of amides is 1. The molecule has 7 heteroatoms. The summed E-state index contributed by atoms with van der Waals surface area (Å²) in [5, 5.41) is 23.1. The highest BCUT2D eigenvalue weighted by Crippen LogP contribution is 2.28. The van der Waals surface area contributed by atoms with E-state index < -0.39 is 22.3 Å². The number of nitro groups is 1. The normalized spacial score (nSPS) is 15.0. The van der Waals surface area contributed by atoms with Crippen molar-refractivity contribution in [3.63, 3.8) is 0 Å². The number of likely N-dealkylation sites (tertiary alicyclic amines) is 1. The van der Waals surface area contributed by atoms with E-state index in [0.29, 0.717) is 6.54 Å². The van der Waals surface area contributed by atoms with Gasteiger partial charge in [-0.05, 0) is 45.0 Å². The molecule has 0 saturated carbocycles. The maximum atomic E-state index is 11.9. The average Bonchev–Trinajstić information content (AvgIpc) is 2.96. The minimum absolute atomic E-state index is 0.0645. The Morgan fingerprint density at radius 1 is 1.38 bits per heavy atom. The van der Waals surface area contributed by atoms with Crippen molar-refractivity contribution in [1.29, 1.82) is 0 Å². The molecule has 0 aliphatic carbocycles. The number of aromatic hydroxyl groups is 1. The van der Waals surface area contributed by atoms with Gasteiger partial charge in [-0.3, -0.25) is 14.9 Å². The molecule has 1 saturated heterocycles. The largest absolute Gasteiger partial charge is 0.502 e. The molecule has 1 fully saturated rings. The van der Waals surface area contributed by atoms with Crippen LogP contribution in [0.25, 0.3) is 0 Å². The molecule has 0 spiro atoms. The summed E-state index contributed by atoms with van der Waals surface area (Å²) in [5.41, 5.74) is -0.523. The summed E-state index contributed by atoms with van der Waals surface area (Å²) in [6.45, 7) is 3.64. The maximum absolute atomic E-state index is 11.9. The van der Waals surface area contributed by atoms with Gasteiger partial charge in [-0.25, -0.2) is 0 Å². The lowest BCUT2D eigenvalue weighted by atomic mass is 10.1. The maximum Gasteiger partial charge on any atom is 0.311 e. The smallest absolute Gasteiger partial charge is 0.311 e. The first kappa shape index (κ1) is 15.2. The molecule has 1 aliphatic rings. The Hall–Kier alpha value is -2.15. The molecule has 0 unspecified atom stereocenters. The van der Waals surface area contributed by atoms with Crippen molar-refractivity contribution in [3.05, 3.63) is 33.9 Å². The van der Waals surface area contributed by atoms with E-state index in [2.05, 4.69) is 10.2 Å². The minimum atomic E-state index is -0.709. The number of benzene rings is 1. The van der Waals surface area contributed by atoms with Crippen LogP contribution in [0.4, 0.5) is 5.69 Å². The molecule has 2 rings (SSSR count). The summed E-state index contributed by atoms with van der Waals surface area (Å²) in [4.78, 5) is 24.3. The zero-order valence-corrected chi connectivity index (χ0v) is 11.7. The van der Waals surface area contributed by atoms with Crippen LogP contribution < -0.4 is 5.32 Å². The van der Waals surface area contributed by atoms with Crippen LogP contribution in [-0.2, 0) is 0 Å². The number of rotatable bonds is 6. The Morgan fingerprint density at radius 2 is 2.10 bits per heavy atom. The summed E-state index contributed by atoms with van der Waals surface area (Å²) in [6.07, 6.45) is 3.28. The lowest BCUT2D eigenvalue weighted by molar-refractivity contribution is -0.385. The summed E-state index contributed by atoms with van der Waals surface area (Å²) in [6, 6.07) is 3.93. The van der Waals surface area contributed by atoms with Gasteiger partial charge in [-0.2, -0.15) is 0 Å². The predicted octanol–water partition coefficient (Wildman–Crippen LogP) is 1.52. The number of para-hydroxylation sites is 1. The Kier molecular flexibility index (Phi) is 5.10. The second kappa shape index (κ2) is 7.03. The number of nitrogens with zero attached hydrogens (tertiary/aromatic N) is 2. The van der Waals surface area contributed by atoms with Crippen LogP contribution in [0, 0.1) is 10.1 Å². The van der Waals surface area contributed by atoms with Crippen molar-refractivity contribution in [3.8, 4) is 5.75 Å². The van der Waals surface area contributed by atoms with E-state index in [4.69, 9.17) is 0 Å². The van der Waals surface area contributed by atoms with Crippen molar-refractivity contribution < 1.29 is 14.8 Å². The number of phenolic OH excluding ortho intramolecular Hbond substituents is 1. The molecule has 0 aromatic heterocycles. The number of carbonyl (C=O) groups is 1. The molecule has 0 radical (unpaired) electrons. The Labute approximate surface area is 122 Å². The van der Waals surface area contributed by atoms with E-state index in [-0.39, 0.29) is 5.56 Å². The van der Waals surface area contributed by atoms with Gasteiger partial charge in [0.2, 0.25) is 5.75 Å². The van der Waals surface area contributed by atoms with Gasteiger partial charge in [0.15, 0.2) is 0 Å². The topological polar surface area (TPSA) is 95.7 Å². The third-order valence-electron chi connectivity index (χ3n) is 3.59. The van der Waals surface area contributed by atoms with Gasteiger partial charge in [0.25, 0.3) is 5.91 Å². The van der Waals surface area contributed by atoms with Crippen LogP contribution in [0.2, 0.25) is 0 Å². The van der Waals surface area contributed by atoms with Crippen LogP contribution >= 0.6 is 0 Å². The fourth-order valence-corrected chi connectivity index (χ4v) is 2.47. The predicted molar refractivity (Wildman–Crippen MR) is 77.4 cm³/mol. The second-order valence-electron chi connectivity index (χ2n) is 5.09. The zero-order valence-electron chi connectivity index (χ0n) is 11.7. The minimum Gasteiger partial charge on any atom is -0.502 e. The molecule has 21 heavy (non-hydrogen) atoms. The number of carbonyl (C=O) groups excluding carboxylic acids is 1. The monoisotopic (exact) mass is 293 g/mol. The number of phenols is 1. The molecular formula is C14H19N3O4. The molecule has 0 bridgehead atoms. The third-order valence-corrected chi connectivity index (χ3v) is 3.59. The number of nitrogens with one attached hydrogen (secondary N) is 1. The Balaban J connectivity index is 1.85. The zero-order chi connectivity index (χ0) is 15.2. The summed E-state index contributed by atoms with van der Waals surface area (Å²) in [7, 11) is 0. The quantitative estimate of drug-likeness (QED) is 0.471. The first-order valence-electron chi connectivity index (χ1n) is 7.06. The highest BCUT2D eigenvalue weighted by atomic mass is 16.6. The number of hydrogen-bond acceptors (Lipinski definition) is 5. The third kappa shape index (κ3) is 3.91. The lowest BCUT2D eigenvalue weighted by Gasteiger charge is -2.14. The average molecular weight is 293 g/mol. The summed E-state index contributed by atoms with van der Waals surface area (Å²) < 4.78 is 0. The van der Waals surface area contributed by atoms with Gasteiger partial charge in [0, 0.05) is 12.6 Å². The molecular weight excluding hydrogens is 274 g/mol. The molecule has 1 aliphatic heterocycles. The van der Waals surface area contributed by atoms with Crippen LogP contribution in [-0.4, -0.2) is 47.0 Å². The number of nitro benzene ring substituents is 1. The molecule has 1 aromatic carbocycles. The van der Waals surface area contributed by atoms with E-state index in [9.17, 15) is 20.0 Å². The fraction of sp³-hybridized carbons (Fsp3) is 0.500. The first-order chi connectivity index (χ1) is 10.1. The highest BCUT2D eigenvalue weighted by Gasteiger charge is 2.20. The molecule has 7 nitrogen and oxygen atoms in total. The summed E-state index contributed by atoms with van der Waals surface area (Å²) >= 11 is 0. The molecule has 114 valence electrons. The first-order valence-corrected chi connectivity index (χ1v) is 7.06.